The number of aromatic nitrogens is 1. The molecule has 0 saturated carbocycles. The average molecular weight is 342 g/mol. The molecular weight excluding hydrogens is 324 g/mol. The molecule has 0 aliphatic heterocycles. The maximum absolute atomic E-state index is 12.1. The fraction of sp³-hybridized carbons (Fsp3) is 0.176. The summed E-state index contributed by atoms with van der Waals surface area (Å²) in [5.74, 6) is 0.0852. The predicted octanol–water partition coefficient (Wildman–Crippen LogP) is 0.919. The van der Waals surface area contributed by atoms with Crippen LogP contribution in [0.1, 0.15) is 5.56 Å². The quantitative estimate of drug-likeness (QED) is 0.451. The number of nitrogens with zero attached hydrogens (tertiary/aromatic N) is 2. The van der Waals surface area contributed by atoms with Crippen LogP contribution >= 0.6 is 0 Å². The van der Waals surface area contributed by atoms with Gasteiger partial charge in [-0.15, -0.1) is 0 Å². The number of hydrogen-bond donors (Lipinski definition) is 3. The average Bonchev–Trinajstić information content (AvgIpc) is 2.89. The Balaban J connectivity index is 1.91. The van der Waals surface area contributed by atoms with Gasteiger partial charge in [-0.1, -0.05) is 12.1 Å². The molecule has 3 aromatic rings. The van der Waals surface area contributed by atoms with E-state index in [9.17, 15) is 4.79 Å². The van der Waals surface area contributed by atoms with E-state index in [4.69, 9.17) is 25.7 Å². The fourth-order valence-corrected chi connectivity index (χ4v) is 2.45. The number of guanidine groups is 1. The molecule has 0 fully saturated rings. The van der Waals surface area contributed by atoms with E-state index in [2.05, 4.69) is 4.99 Å². The van der Waals surface area contributed by atoms with Crippen molar-refractivity contribution in [3.63, 3.8) is 0 Å². The molecule has 8 nitrogen and oxygen atoms in total. The highest BCUT2D eigenvalue weighted by atomic mass is 16.5. The van der Waals surface area contributed by atoms with Crippen molar-refractivity contribution in [2.45, 2.75) is 6.54 Å². The van der Waals surface area contributed by atoms with Crippen molar-refractivity contribution in [2.75, 3.05) is 13.2 Å². The maximum atomic E-state index is 12.1. The van der Waals surface area contributed by atoms with Crippen LogP contribution < -0.4 is 22.0 Å². The highest BCUT2D eigenvalue weighted by Gasteiger charge is 2.11. The molecule has 0 aliphatic carbocycles. The SMILES string of the molecule is NC(N)=Nc1ccc(Cn2c(=O)oc3ccc(OCCO)cc32)cc1. The van der Waals surface area contributed by atoms with Gasteiger partial charge >= 0.3 is 5.76 Å². The molecule has 1 heterocycles. The second kappa shape index (κ2) is 7.10. The minimum absolute atomic E-state index is 0.0137. The summed E-state index contributed by atoms with van der Waals surface area (Å²) in [5, 5.41) is 8.85. The predicted molar refractivity (Wildman–Crippen MR) is 94.1 cm³/mol. The Bertz CT molecular complexity index is 953. The number of aliphatic imine (C=N–C) groups is 1. The van der Waals surface area contributed by atoms with E-state index in [1.165, 1.54) is 4.57 Å². The van der Waals surface area contributed by atoms with Gasteiger partial charge in [0.15, 0.2) is 11.5 Å². The normalized spacial score (nSPS) is 10.8. The van der Waals surface area contributed by atoms with Crippen molar-refractivity contribution in [2.24, 2.45) is 16.5 Å². The van der Waals surface area contributed by atoms with Crippen molar-refractivity contribution in [3.05, 3.63) is 58.6 Å². The van der Waals surface area contributed by atoms with E-state index >= 15 is 0 Å². The molecule has 3 rings (SSSR count). The Labute approximate surface area is 142 Å². The summed E-state index contributed by atoms with van der Waals surface area (Å²) >= 11 is 0. The van der Waals surface area contributed by atoms with Gasteiger partial charge in [0.1, 0.15) is 12.4 Å². The summed E-state index contributed by atoms with van der Waals surface area (Å²) in [5.41, 5.74) is 13.3. The molecule has 0 spiro atoms. The van der Waals surface area contributed by atoms with Gasteiger partial charge in [-0.2, -0.15) is 0 Å². The van der Waals surface area contributed by atoms with Crippen LogP contribution in [0.3, 0.4) is 0 Å². The highest BCUT2D eigenvalue weighted by Crippen LogP contribution is 2.21. The third kappa shape index (κ3) is 3.81. The third-order valence-corrected chi connectivity index (χ3v) is 3.53. The zero-order valence-corrected chi connectivity index (χ0v) is 13.4. The van der Waals surface area contributed by atoms with E-state index in [0.29, 0.717) is 29.1 Å². The fourth-order valence-electron chi connectivity index (χ4n) is 2.45. The van der Waals surface area contributed by atoms with Crippen LogP contribution in [0.2, 0.25) is 0 Å². The van der Waals surface area contributed by atoms with Crippen LogP contribution in [0.25, 0.3) is 11.1 Å². The number of aliphatic hydroxyl groups is 1. The Hall–Kier alpha value is -3.26. The molecular formula is C17H18N4O4. The molecule has 130 valence electrons. The van der Waals surface area contributed by atoms with Gasteiger partial charge in [0.05, 0.1) is 24.4 Å². The molecule has 0 unspecified atom stereocenters. The summed E-state index contributed by atoms with van der Waals surface area (Å²) in [7, 11) is 0. The Morgan fingerprint density at radius 3 is 2.64 bits per heavy atom. The minimum Gasteiger partial charge on any atom is -0.491 e. The second-order valence-corrected chi connectivity index (χ2v) is 5.36. The van der Waals surface area contributed by atoms with Crippen LogP contribution in [-0.2, 0) is 6.54 Å². The Kier molecular flexibility index (Phi) is 4.71. The van der Waals surface area contributed by atoms with Crippen molar-refractivity contribution in [1.82, 2.24) is 4.57 Å². The molecule has 0 saturated heterocycles. The van der Waals surface area contributed by atoms with E-state index in [-0.39, 0.29) is 19.2 Å². The molecule has 5 N–H and O–H groups in total. The molecule has 1 aromatic heterocycles. The first-order chi connectivity index (χ1) is 12.1. The van der Waals surface area contributed by atoms with Crippen LogP contribution in [0.15, 0.2) is 56.7 Å². The van der Waals surface area contributed by atoms with Crippen molar-refractivity contribution < 1.29 is 14.3 Å². The molecule has 0 aliphatic rings. The summed E-state index contributed by atoms with van der Waals surface area (Å²) in [6, 6.07) is 12.3. The zero-order valence-electron chi connectivity index (χ0n) is 13.4. The van der Waals surface area contributed by atoms with Gasteiger partial charge in [-0.05, 0) is 29.8 Å². The first-order valence-corrected chi connectivity index (χ1v) is 7.62. The largest absolute Gasteiger partial charge is 0.491 e. The lowest BCUT2D eigenvalue weighted by Crippen LogP contribution is -2.21. The summed E-state index contributed by atoms with van der Waals surface area (Å²) in [6.07, 6.45) is 0. The number of hydrogen-bond acceptors (Lipinski definition) is 5. The van der Waals surface area contributed by atoms with Gasteiger partial charge in [0.2, 0.25) is 0 Å². The third-order valence-electron chi connectivity index (χ3n) is 3.53. The highest BCUT2D eigenvalue weighted by molar-refractivity contribution is 5.79. The van der Waals surface area contributed by atoms with Crippen molar-refractivity contribution >= 4 is 22.7 Å². The zero-order chi connectivity index (χ0) is 17.8. The van der Waals surface area contributed by atoms with Crippen LogP contribution in [0.5, 0.6) is 5.75 Å². The number of nitrogens with two attached hydrogens (primary N) is 2. The molecule has 0 amide bonds. The molecule has 8 heteroatoms. The summed E-state index contributed by atoms with van der Waals surface area (Å²) in [6.45, 7) is 0.426. The number of fused-ring (bicyclic) bond motifs is 1. The van der Waals surface area contributed by atoms with Crippen molar-refractivity contribution in [3.8, 4) is 5.75 Å². The van der Waals surface area contributed by atoms with Crippen LogP contribution in [0, 0.1) is 0 Å². The van der Waals surface area contributed by atoms with Crippen LogP contribution in [-0.4, -0.2) is 28.8 Å². The maximum Gasteiger partial charge on any atom is 0.420 e. The van der Waals surface area contributed by atoms with Gasteiger partial charge in [-0.3, -0.25) is 4.57 Å². The summed E-state index contributed by atoms with van der Waals surface area (Å²) in [4.78, 5) is 16.1. The molecule has 0 bridgehead atoms. The number of aliphatic hydroxyl groups excluding tert-OH is 1. The van der Waals surface area contributed by atoms with Crippen molar-refractivity contribution in [1.29, 1.82) is 0 Å². The van der Waals surface area contributed by atoms with E-state index in [1.807, 2.05) is 12.1 Å². The van der Waals surface area contributed by atoms with E-state index in [1.54, 1.807) is 30.3 Å². The molecule has 0 radical (unpaired) electrons. The van der Waals surface area contributed by atoms with Gasteiger partial charge < -0.3 is 25.7 Å². The topological polar surface area (TPSA) is 129 Å². The monoisotopic (exact) mass is 342 g/mol. The first kappa shape index (κ1) is 16.6. The van der Waals surface area contributed by atoms with Gasteiger partial charge in [0.25, 0.3) is 0 Å². The Morgan fingerprint density at radius 2 is 1.96 bits per heavy atom. The molecule has 25 heavy (non-hydrogen) atoms. The number of rotatable bonds is 6. The number of benzene rings is 2. The molecule has 2 aromatic carbocycles. The summed E-state index contributed by atoms with van der Waals surface area (Å²) < 4.78 is 12.2. The number of oxazole rings is 1. The van der Waals surface area contributed by atoms with Crippen LogP contribution in [0.4, 0.5) is 5.69 Å². The first-order valence-electron chi connectivity index (χ1n) is 7.62. The minimum atomic E-state index is -0.456. The van der Waals surface area contributed by atoms with E-state index in [0.717, 1.165) is 5.56 Å². The smallest absolute Gasteiger partial charge is 0.420 e. The number of ether oxygens (including phenoxy) is 1. The Morgan fingerprint density at radius 1 is 1.20 bits per heavy atom. The lowest BCUT2D eigenvalue weighted by molar-refractivity contribution is 0.201. The van der Waals surface area contributed by atoms with Gasteiger partial charge in [-0.25, -0.2) is 9.79 Å². The second-order valence-electron chi connectivity index (χ2n) is 5.36. The van der Waals surface area contributed by atoms with E-state index < -0.39 is 5.76 Å². The van der Waals surface area contributed by atoms with Gasteiger partial charge in [0, 0.05) is 6.07 Å². The lowest BCUT2D eigenvalue weighted by Gasteiger charge is -2.06. The molecule has 0 atom stereocenters. The lowest BCUT2D eigenvalue weighted by atomic mass is 10.2. The standard InChI is InChI=1S/C17H18N4O4/c18-16(19)20-12-3-1-11(2-4-12)10-21-14-9-13(24-8-7-22)5-6-15(14)25-17(21)23/h1-6,9,22H,7-8,10H2,(H4,18,19,20).